The number of anilines is 1. The quantitative estimate of drug-likeness (QED) is 0.680. The van der Waals surface area contributed by atoms with E-state index in [-0.39, 0.29) is 17.7 Å². The number of primary amides is 1. The minimum Gasteiger partial charge on any atom is -0.497 e. The maximum Gasteiger partial charge on any atom is 0.230 e. The topological polar surface area (TPSA) is 85.9 Å². The van der Waals surface area contributed by atoms with E-state index in [1.165, 1.54) is 4.90 Å². The number of rotatable bonds is 6. The summed E-state index contributed by atoms with van der Waals surface area (Å²) in [6.45, 7) is 2.60. The van der Waals surface area contributed by atoms with E-state index in [4.69, 9.17) is 10.5 Å². The highest BCUT2D eigenvalue weighted by molar-refractivity contribution is 5.90. The number of piperidine rings is 1. The van der Waals surface area contributed by atoms with Gasteiger partial charge in [0.05, 0.1) is 33.2 Å². The number of hydrogen-bond donors (Lipinski definition) is 3. The molecule has 1 heterocycles. The molecule has 1 fully saturated rings. The maximum atomic E-state index is 12.0. The number of benzene rings is 1. The number of nitrogens with one attached hydrogen (secondary N) is 2. The van der Waals surface area contributed by atoms with Crippen LogP contribution in [0.5, 0.6) is 5.75 Å². The smallest absolute Gasteiger partial charge is 0.230 e. The lowest BCUT2D eigenvalue weighted by molar-refractivity contribution is -0.905. The van der Waals surface area contributed by atoms with Crippen LogP contribution in [0.25, 0.3) is 0 Å². The second kappa shape index (κ2) is 7.79. The summed E-state index contributed by atoms with van der Waals surface area (Å²) in [6.07, 6.45) is 2.12. The number of hydrogen-bond acceptors (Lipinski definition) is 3. The van der Waals surface area contributed by atoms with Crippen molar-refractivity contribution in [3.8, 4) is 5.75 Å². The second-order valence-electron chi connectivity index (χ2n) is 5.70. The molecule has 0 saturated carbocycles. The van der Waals surface area contributed by atoms with Gasteiger partial charge in [-0.25, -0.2) is 0 Å². The molecule has 1 aliphatic rings. The Balaban J connectivity index is 1.70. The molecule has 0 atom stereocenters. The first-order valence-electron chi connectivity index (χ1n) is 7.65. The molecule has 0 aliphatic carbocycles. The van der Waals surface area contributed by atoms with E-state index in [0.29, 0.717) is 6.42 Å². The van der Waals surface area contributed by atoms with Crippen LogP contribution in [0, 0.1) is 5.92 Å². The molecule has 22 heavy (non-hydrogen) atoms. The summed E-state index contributed by atoms with van der Waals surface area (Å²) in [5.41, 5.74) is 6.09. The van der Waals surface area contributed by atoms with Crippen molar-refractivity contribution in [2.24, 2.45) is 11.7 Å². The molecule has 1 aromatic rings. The number of carbonyl (C=O) groups excluding carboxylic acids is 2. The van der Waals surface area contributed by atoms with Crippen LogP contribution in [0.3, 0.4) is 0 Å². The van der Waals surface area contributed by atoms with Crippen molar-refractivity contribution in [3.05, 3.63) is 24.3 Å². The Morgan fingerprint density at radius 1 is 1.27 bits per heavy atom. The molecular formula is C16H24N3O3+. The summed E-state index contributed by atoms with van der Waals surface area (Å²) in [5.74, 6) is 0.586. The number of carbonyl (C=O) groups is 2. The fourth-order valence-electron chi connectivity index (χ4n) is 2.75. The fourth-order valence-corrected chi connectivity index (χ4v) is 2.75. The van der Waals surface area contributed by atoms with Crippen LogP contribution < -0.4 is 20.7 Å². The van der Waals surface area contributed by atoms with Crippen LogP contribution in [0.1, 0.15) is 19.3 Å². The molecule has 1 saturated heterocycles. The molecule has 4 N–H and O–H groups in total. The lowest BCUT2D eigenvalue weighted by Crippen LogP contribution is -3.13. The van der Waals surface area contributed by atoms with Crippen molar-refractivity contribution in [2.45, 2.75) is 19.3 Å². The van der Waals surface area contributed by atoms with Gasteiger partial charge in [0, 0.05) is 24.4 Å². The average molecular weight is 306 g/mol. The zero-order valence-corrected chi connectivity index (χ0v) is 12.9. The van der Waals surface area contributed by atoms with Crippen molar-refractivity contribution in [3.63, 3.8) is 0 Å². The van der Waals surface area contributed by atoms with E-state index in [0.717, 1.165) is 43.9 Å². The molecule has 2 rings (SSSR count). The first kappa shape index (κ1) is 16.3. The zero-order valence-electron chi connectivity index (χ0n) is 12.9. The molecule has 0 bridgehead atoms. The number of quaternary nitrogens is 1. The minimum absolute atomic E-state index is 0.00897. The third-order valence-electron chi connectivity index (χ3n) is 4.17. The number of amides is 2. The summed E-state index contributed by atoms with van der Waals surface area (Å²) >= 11 is 0. The number of nitrogens with two attached hydrogens (primary N) is 1. The normalized spacial score (nSPS) is 21.1. The van der Waals surface area contributed by atoms with E-state index in [9.17, 15) is 9.59 Å². The third kappa shape index (κ3) is 4.73. The van der Waals surface area contributed by atoms with E-state index in [1.54, 1.807) is 7.11 Å². The Morgan fingerprint density at radius 3 is 2.45 bits per heavy atom. The molecule has 6 heteroatoms. The Kier molecular flexibility index (Phi) is 5.77. The summed E-state index contributed by atoms with van der Waals surface area (Å²) in [4.78, 5) is 24.4. The third-order valence-corrected chi connectivity index (χ3v) is 4.17. The first-order chi connectivity index (χ1) is 10.6. The lowest BCUT2D eigenvalue weighted by atomic mass is 9.96. The average Bonchev–Trinajstić information content (AvgIpc) is 2.54. The molecule has 6 nitrogen and oxygen atoms in total. The van der Waals surface area contributed by atoms with Crippen LogP contribution in [-0.4, -0.2) is 38.6 Å². The van der Waals surface area contributed by atoms with Crippen LogP contribution in [0.15, 0.2) is 24.3 Å². The monoisotopic (exact) mass is 306 g/mol. The van der Waals surface area contributed by atoms with Gasteiger partial charge in [-0.15, -0.1) is 0 Å². The summed E-state index contributed by atoms with van der Waals surface area (Å²) < 4.78 is 5.08. The second-order valence-corrected chi connectivity index (χ2v) is 5.70. The standard InChI is InChI=1S/C16H23N3O3/c1-22-14-4-2-13(3-5-14)18-15(20)8-11-19-9-6-12(7-10-19)16(17)21/h2-5,12H,6-11H2,1H3,(H2,17,21)(H,18,20)/p+1. The largest absolute Gasteiger partial charge is 0.497 e. The van der Waals surface area contributed by atoms with Crippen molar-refractivity contribution in [2.75, 3.05) is 32.1 Å². The van der Waals surface area contributed by atoms with Crippen molar-refractivity contribution in [1.29, 1.82) is 0 Å². The van der Waals surface area contributed by atoms with Crippen LogP contribution in [-0.2, 0) is 9.59 Å². The van der Waals surface area contributed by atoms with E-state index >= 15 is 0 Å². The fraction of sp³-hybridized carbons (Fsp3) is 0.500. The van der Waals surface area contributed by atoms with Gasteiger partial charge in [0.2, 0.25) is 11.8 Å². The molecule has 2 amide bonds. The highest BCUT2D eigenvalue weighted by Crippen LogP contribution is 2.15. The molecule has 1 aromatic carbocycles. The van der Waals surface area contributed by atoms with Gasteiger partial charge in [0.25, 0.3) is 0 Å². The van der Waals surface area contributed by atoms with Gasteiger partial charge < -0.3 is 20.7 Å². The first-order valence-corrected chi connectivity index (χ1v) is 7.65. The summed E-state index contributed by atoms with van der Waals surface area (Å²) in [5, 5.41) is 2.88. The van der Waals surface area contributed by atoms with Gasteiger partial charge in [-0.3, -0.25) is 9.59 Å². The van der Waals surface area contributed by atoms with Crippen molar-refractivity contribution >= 4 is 17.5 Å². The highest BCUT2D eigenvalue weighted by Gasteiger charge is 2.25. The molecule has 0 unspecified atom stereocenters. The molecule has 1 aliphatic heterocycles. The van der Waals surface area contributed by atoms with Gasteiger partial charge in [-0.2, -0.15) is 0 Å². The Morgan fingerprint density at radius 2 is 1.91 bits per heavy atom. The molecule has 0 radical (unpaired) electrons. The van der Waals surface area contributed by atoms with Crippen LogP contribution in [0.4, 0.5) is 5.69 Å². The van der Waals surface area contributed by atoms with Gasteiger partial charge in [0.15, 0.2) is 0 Å². The Hall–Kier alpha value is -2.08. The number of likely N-dealkylation sites (tertiary alicyclic amines) is 1. The zero-order chi connectivity index (χ0) is 15.9. The van der Waals surface area contributed by atoms with Gasteiger partial charge >= 0.3 is 0 Å². The Labute approximate surface area is 130 Å². The van der Waals surface area contributed by atoms with Crippen molar-refractivity contribution < 1.29 is 19.2 Å². The maximum absolute atomic E-state index is 12.0. The predicted octanol–water partition coefficient (Wildman–Crippen LogP) is -0.196. The van der Waals surface area contributed by atoms with E-state index < -0.39 is 0 Å². The minimum atomic E-state index is -0.198. The van der Waals surface area contributed by atoms with Gasteiger partial charge in [-0.05, 0) is 24.3 Å². The molecule has 0 aromatic heterocycles. The SMILES string of the molecule is COc1ccc(NC(=O)CC[NH+]2CCC(C(N)=O)CC2)cc1. The van der Waals surface area contributed by atoms with E-state index in [1.807, 2.05) is 24.3 Å². The Bertz CT molecular complexity index is 508. The predicted molar refractivity (Wildman–Crippen MR) is 83.7 cm³/mol. The molecule has 120 valence electrons. The summed E-state index contributed by atoms with van der Waals surface area (Å²) in [6, 6.07) is 7.27. The molecular weight excluding hydrogens is 282 g/mol. The van der Waals surface area contributed by atoms with Crippen molar-refractivity contribution in [1.82, 2.24) is 0 Å². The van der Waals surface area contributed by atoms with Crippen LogP contribution in [0.2, 0.25) is 0 Å². The van der Waals surface area contributed by atoms with Gasteiger partial charge in [-0.1, -0.05) is 0 Å². The highest BCUT2D eigenvalue weighted by atomic mass is 16.5. The number of methoxy groups -OCH3 is 1. The van der Waals surface area contributed by atoms with Crippen LogP contribution >= 0.6 is 0 Å². The number of ether oxygens (including phenoxy) is 1. The summed E-state index contributed by atoms with van der Waals surface area (Å²) in [7, 11) is 1.61. The van der Waals surface area contributed by atoms with E-state index in [2.05, 4.69) is 5.32 Å². The lowest BCUT2D eigenvalue weighted by Gasteiger charge is -2.27. The van der Waals surface area contributed by atoms with Gasteiger partial charge in [0.1, 0.15) is 5.75 Å². The molecule has 0 spiro atoms.